The van der Waals surface area contributed by atoms with Crippen LogP contribution in [-0.2, 0) is 18.8 Å². The second-order valence-corrected chi connectivity index (χ2v) is 8.62. The van der Waals surface area contributed by atoms with Crippen LogP contribution in [0.2, 0.25) is 0 Å². The number of rotatable bonds is 3. The lowest BCUT2D eigenvalue weighted by molar-refractivity contribution is 0.00578. The maximum Gasteiger partial charge on any atom is 0.494 e. The minimum absolute atomic E-state index is 0.308. The highest BCUT2D eigenvalue weighted by atomic mass is 79.9. The van der Waals surface area contributed by atoms with E-state index in [1.165, 1.54) is 14.2 Å². The lowest BCUT2D eigenvalue weighted by Gasteiger charge is -2.32. The Morgan fingerprint density at radius 3 is 1.50 bits per heavy atom. The average molecular weight is 477 g/mol. The van der Waals surface area contributed by atoms with Gasteiger partial charge in [-0.15, -0.1) is 0 Å². The molecule has 2 aromatic carbocycles. The van der Waals surface area contributed by atoms with E-state index in [-0.39, 0.29) is 23.1 Å². The quantitative estimate of drug-likeness (QED) is 0.492. The fourth-order valence-electron chi connectivity index (χ4n) is 2.58. The Morgan fingerprint density at radius 1 is 0.767 bits per heavy atom. The molecule has 3 rings (SSSR count). The third-order valence-electron chi connectivity index (χ3n) is 5.12. The number of methoxy groups -OCH3 is 2. The van der Waals surface area contributed by atoms with E-state index in [1.807, 2.05) is 39.8 Å². The van der Waals surface area contributed by atoms with Gasteiger partial charge in [-0.25, -0.2) is 9.59 Å². The van der Waals surface area contributed by atoms with Crippen molar-refractivity contribution in [3.05, 3.63) is 64.1 Å². The molecular formula is C22H26BBrO6. The Hall–Kier alpha value is -2.16. The molecule has 1 saturated heterocycles. The molecule has 0 N–H and O–H groups in total. The van der Waals surface area contributed by atoms with Crippen LogP contribution in [0.25, 0.3) is 0 Å². The van der Waals surface area contributed by atoms with Crippen molar-refractivity contribution in [2.24, 2.45) is 0 Å². The predicted molar refractivity (Wildman–Crippen MR) is 119 cm³/mol. The zero-order valence-corrected chi connectivity index (χ0v) is 19.6. The van der Waals surface area contributed by atoms with E-state index >= 15 is 0 Å². The van der Waals surface area contributed by atoms with Crippen LogP contribution in [0, 0.1) is 0 Å². The smallest absolute Gasteiger partial charge is 0.465 e. The Bertz CT molecular complexity index is 862. The number of carbonyl (C=O) groups excluding carboxylic acids is 2. The molecule has 1 fully saturated rings. The van der Waals surface area contributed by atoms with E-state index in [0.717, 1.165) is 9.94 Å². The Balaban J connectivity index is 0.000000248. The van der Waals surface area contributed by atoms with Gasteiger partial charge in [-0.2, -0.15) is 0 Å². The van der Waals surface area contributed by atoms with Crippen molar-refractivity contribution in [1.29, 1.82) is 0 Å². The number of hydrogen-bond acceptors (Lipinski definition) is 6. The summed E-state index contributed by atoms with van der Waals surface area (Å²) in [4.78, 5) is 22.3. The number of esters is 2. The molecule has 6 nitrogen and oxygen atoms in total. The molecule has 0 bridgehead atoms. The van der Waals surface area contributed by atoms with Gasteiger partial charge >= 0.3 is 19.1 Å². The molecule has 2 aromatic rings. The van der Waals surface area contributed by atoms with Gasteiger partial charge in [0.1, 0.15) is 0 Å². The summed E-state index contributed by atoms with van der Waals surface area (Å²) in [6.07, 6.45) is 0. The van der Waals surface area contributed by atoms with Gasteiger partial charge in [0.2, 0.25) is 0 Å². The summed E-state index contributed by atoms with van der Waals surface area (Å²) in [7, 11) is 2.33. The van der Waals surface area contributed by atoms with Crippen molar-refractivity contribution in [1.82, 2.24) is 0 Å². The maximum absolute atomic E-state index is 11.4. The van der Waals surface area contributed by atoms with E-state index in [9.17, 15) is 9.59 Å². The fraction of sp³-hybridized carbons (Fsp3) is 0.364. The summed E-state index contributed by atoms with van der Waals surface area (Å²) in [5, 5.41) is 0. The predicted octanol–water partition coefficient (Wildman–Crippen LogP) is 4.01. The first-order valence-corrected chi connectivity index (χ1v) is 10.2. The second-order valence-electron chi connectivity index (χ2n) is 7.70. The average Bonchev–Trinajstić information content (AvgIpc) is 2.95. The lowest BCUT2D eigenvalue weighted by Crippen LogP contribution is -2.41. The molecule has 0 radical (unpaired) electrons. The minimum atomic E-state index is -0.406. The maximum atomic E-state index is 11.4. The topological polar surface area (TPSA) is 71.1 Å². The van der Waals surface area contributed by atoms with E-state index in [2.05, 4.69) is 25.4 Å². The highest BCUT2D eigenvalue weighted by Gasteiger charge is 2.51. The van der Waals surface area contributed by atoms with Gasteiger partial charge in [0.05, 0.1) is 36.5 Å². The number of benzene rings is 2. The number of halogens is 1. The standard InChI is InChI=1S/C14H19BO4.C8H7BrO2/c1-13(2)14(3,4)19-15(18-13)11-8-6-10(7-9-11)12(16)17-5;1-11-8(10)6-2-4-7(9)5-3-6/h6-9H,1-5H3;2-5H,1H3. The van der Waals surface area contributed by atoms with Gasteiger partial charge in [0.15, 0.2) is 0 Å². The van der Waals surface area contributed by atoms with Crippen molar-refractivity contribution in [3.8, 4) is 0 Å². The minimum Gasteiger partial charge on any atom is -0.465 e. The summed E-state index contributed by atoms with van der Waals surface area (Å²) in [6.45, 7) is 8.04. The summed E-state index contributed by atoms with van der Waals surface area (Å²) < 4.78 is 22.0. The van der Waals surface area contributed by atoms with Crippen molar-refractivity contribution >= 4 is 40.4 Å². The van der Waals surface area contributed by atoms with E-state index in [0.29, 0.717) is 11.1 Å². The van der Waals surface area contributed by atoms with Crippen LogP contribution >= 0.6 is 15.9 Å². The van der Waals surface area contributed by atoms with Gasteiger partial charge < -0.3 is 18.8 Å². The van der Waals surface area contributed by atoms with Crippen molar-refractivity contribution in [3.63, 3.8) is 0 Å². The van der Waals surface area contributed by atoms with Crippen molar-refractivity contribution < 1.29 is 28.4 Å². The van der Waals surface area contributed by atoms with Crippen LogP contribution < -0.4 is 5.46 Å². The molecule has 0 aliphatic carbocycles. The third kappa shape index (κ3) is 5.71. The molecular weight excluding hydrogens is 451 g/mol. The first-order chi connectivity index (χ1) is 14.0. The molecule has 0 aromatic heterocycles. The Kier molecular flexibility index (Phi) is 7.85. The third-order valence-corrected chi connectivity index (χ3v) is 5.65. The van der Waals surface area contributed by atoms with E-state index in [1.54, 1.807) is 36.4 Å². The molecule has 0 unspecified atom stereocenters. The zero-order valence-electron chi connectivity index (χ0n) is 18.0. The van der Waals surface area contributed by atoms with Gasteiger partial charge in [0, 0.05) is 4.47 Å². The highest BCUT2D eigenvalue weighted by molar-refractivity contribution is 9.10. The summed E-state index contributed by atoms with van der Waals surface area (Å²) in [5.74, 6) is -0.655. The summed E-state index contributed by atoms with van der Waals surface area (Å²) in [6, 6.07) is 14.1. The molecule has 1 aliphatic heterocycles. The number of hydrogen-bond donors (Lipinski definition) is 0. The van der Waals surface area contributed by atoms with Crippen molar-refractivity contribution in [2.45, 2.75) is 38.9 Å². The molecule has 30 heavy (non-hydrogen) atoms. The normalized spacial score (nSPS) is 16.3. The van der Waals surface area contributed by atoms with Crippen LogP contribution in [-0.4, -0.2) is 44.5 Å². The lowest BCUT2D eigenvalue weighted by atomic mass is 9.79. The Morgan fingerprint density at radius 2 is 1.13 bits per heavy atom. The second kappa shape index (κ2) is 9.77. The molecule has 0 spiro atoms. The summed E-state index contributed by atoms with van der Waals surface area (Å²) in [5.41, 5.74) is 1.25. The molecule has 160 valence electrons. The number of carbonyl (C=O) groups is 2. The largest absolute Gasteiger partial charge is 0.494 e. The van der Waals surface area contributed by atoms with Gasteiger partial charge in [-0.05, 0) is 69.6 Å². The first kappa shape index (κ1) is 24.1. The molecule has 8 heteroatoms. The van der Waals surface area contributed by atoms with Crippen LogP contribution in [0.15, 0.2) is 53.0 Å². The van der Waals surface area contributed by atoms with Crippen LogP contribution in [0.3, 0.4) is 0 Å². The molecule has 0 amide bonds. The monoisotopic (exact) mass is 476 g/mol. The molecule has 1 aliphatic rings. The van der Waals surface area contributed by atoms with Gasteiger partial charge in [0.25, 0.3) is 0 Å². The van der Waals surface area contributed by atoms with E-state index in [4.69, 9.17) is 9.31 Å². The molecule has 0 saturated carbocycles. The van der Waals surface area contributed by atoms with E-state index < -0.39 is 7.12 Å². The SMILES string of the molecule is COC(=O)c1ccc(B2OC(C)(C)C(C)(C)O2)cc1.COC(=O)c1ccc(Br)cc1. The van der Waals surface area contributed by atoms with Gasteiger partial charge in [-0.1, -0.05) is 28.1 Å². The molecule has 1 heterocycles. The molecule has 0 atom stereocenters. The fourth-order valence-corrected chi connectivity index (χ4v) is 2.84. The van der Waals surface area contributed by atoms with Crippen molar-refractivity contribution in [2.75, 3.05) is 14.2 Å². The van der Waals surface area contributed by atoms with Crippen LogP contribution in [0.4, 0.5) is 0 Å². The summed E-state index contributed by atoms with van der Waals surface area (Å²) >= 11 is 3.26. The zero-order chi connectivity index (χ0) is 22.5. The van der Waals surface area contributed by atoms with Crippen LogP contribution in [0.5, 0.6) is 0 Å². The first-order valence-electron chi connectivity index (χ1n) is 9.38. The number of ether oxygens (including phenoxy) is 2. The highest BCUT2D eigenvalue weighted by Crippen LogP contribution is 2.36. The van der Waals surface area contributed by atoms with Crippen LogP contribution in [0.1, 0.15) is 48.4 Å². The Labute approximate surface area is 186 Å². The van der Waals surface area contributed by atoms with Gasteiger partial charge in [-0.3, -0.25) is 0 Å².